The normalized spacial score (nSPS) is 11.2. The summed E-state index contributed by atoms with van der Waals surface area (Å²) >= 11 is 0. The molecule has 11 nitrogen and oxygen atoms in total. The number of ether oxygens (including phenoxy) is 1. The van der Waals surface area contributed by atoms with Gasteiger partial charge in [0.1, 0.15) is 17.6 Å². The number of nitrogens with two attached hydrogens (primary N) is 1. The van der Waals surface area contributed by atoms with E-state index in [4.69, 9.17) is 25.8 Å². The molecular formula is C31H33N5O6S. The van der Waals surface area contributed by atoms with E-state index in [1.54, 1.807) is 60.7 Å². The van der Waals surface area contributed by atoms with E-state index < -0.39 is 22.0 Å². The summed E-state index contributed by atoms with van der Waals surface area (Å²) in [5.74, 6) is -0.853. The number of rotatable bonds is 11. The van der Waals surface area contributed by atoms with Gasteiger partial charge in [0.15, 0.2) is 0 Å². The summed E-state index contributed by atoms with van der Waals surface area (Å²) in [7, 11) is -2.45. The van der Waals surface area contributed by atoms with Gasteiger partial charge in [0.2, 0.25) is 5.91 Å². The third kappa shape index (κ3) is 9.61. The molecule has 7 N–H and O–H groups in total. The topological polar surface area (TPSA) is 184 Å². The molecule has 4 aromatic rings. The van der Waals surface area contributed by atoms with Gasteiger partial charge in [-0.3, -0.25) is 19.7 Å². The molecule has 0 aliphatic heterocycles. The van der Waals surface area contributed by atoms with Crippen molar-refractivity contribution in [1.82, 2.24) is 5.32 Å². The number of aliphatic carboxylic acids is 1. The highest BCUT2D eigenvalue weighted by Crippen LogP contribution is 2.32. The first kappa shape index (κ1) is 32.2. The number of carbonyl (C=O) groups is 2. The minimum atomic E-state index is -3.95. The molecule has 4 aromatic carbocycles. The summed E-state index contributed by atoms with van der Waals surface area (Å²) in [6, 6.07) is 27.9. The van der Waals surface area contributed by atoms with Crippen LogP contribution in [-0.4, -0.2) is 38.3 Å². The van der Waals surface area contributed by atoms with Gasteiger partial charge in [0, 0.05) is 30.3 Å². The molecule has 1 unspecified atom stereocenters. The summed E-state index contributed by atoms with van der Waals surface area (Å²) in [6.45, 7) is 1.36. The van der Waals surface area contributed by atoms with E-state index in [9.17, 15) is 13.2 Å². The Morgan fingerprint density at radius 3 is 2.07 bits per heavy atom. The van der Waals surface area contributed by atoms with Crippen molar-refractivity contribution in [2.75, 3.05) is 17.1 Å². The van der Waals surface area contributed by atoms with E-state index in [1.807, 2.05) is 30.3 Å². The molecule has 0 aliphatic carbocycles. The van der Waals surface area contributed by atoms with Crippen molar-refractivity contribution in [3.05, 3.63) is 120 Å². The summed E-state index contributed by atoms with van der Waals surface area (Å²) in [6.07, 6.45) is 0. The molecule has 1 amide bonds. The van der Waals surface area contributed by atoms with E-state index in [0.717, 1.165) is 12.5 Å². The second-order valence-corrected chi connectivity index (χ2v) is 10.8. The van der Waals surface area contributed by atoms with Crippen LogP contribution in [0, 0.1) is 5.41 Å². The Balaban J connectivity index is 0.00000119. The van der Waals surface area contributed by atoms with Crippen molar-refractivity contribution in [2.24, 2.45) is 5.73 Å². The fourth-order valence-electron chi connectivity index (χ4n) is 3.89. The Bertz CT molecular complexity index is 1640. The predicted molar refractivity (Wildman–Crippen MR) is 166 cm³/mol. The molecular weight excluding hydrogens is 570 g/mol. The number of carbonyl (C=O) groups excluding carboxylic acids is 1. The first-order valence-electron chi connectivity index (χ1n) is 13.0. The number of sulfonamides is 1. The molecule has 0 heterocycles. The van der Waals surface area contributed by atoms with E-state index >= 15 is 0 Å². The minimum absolute atomic E-state index is 0.0795. The highest BCUT2D eigenvalue weighted by atomic mass is 32.2. The zero-order chi connectivity index (χ0) is 31.4. The number of anilines is 2. The standard InChI is InChI=1S/C29H29N5O4S.C2H4O2/c1-38-23-16-17-26(34-39(36,37)24-10-6-3-7-11-24)25(18-23)27(29(35)32-19-20-8-4-2-5-9-20)33-22-14-12-21(13-15-22)28(30)31;1-2(3)4/h2-18,27,33-34H,19H2,1H3,(H3,30,31)(H,32,35);1H3,(H,3,4). The van der Waals surface area contributed by atoms with E-state index in [-0.39, 0.29) is 28.9 Å². The van der Waals surface area contributed by atoms with Gasteiger partial charge in [-0.2, -0.15) is 0 Å². The number of benzene rings is 4. The number of nitrogen functional groups attached to an aromatic ring is 1. The van der Waals surface area contributed by atoms with Crippen LogP contribution in [0.15, 0.2) is 108 Å². The third-order valence-corrected chi connectivity index (χ3v) is 7.33. The maximum absolute atomic E-state index is 13.6. The Labute approximate surface area is 250 Å². The van der Waals surface area contributed by atoms with Crippen molar-refractivity contribution < 1.29 is 27.9 Å². The fraction of sp³-hybridized carbons (Fsp3) is 0.129. The lowest BCUT2D eigenvalue weighted by atomic mass is 10.0. The van der Waals surface area contributed by atoms with Crippen LogP contribution in [0.5, 0.6) is 5.75 Å². The Hall–Kier alpha value is -5.36. The molecule has 0 fully saturated rings. The van der Waals surface area contributed by atoms with Gasteiger partial charge in [-0.15, -0.1) is 0 Å². The SMILES string of the molecule is CC(=O)O.COc1ccc(NS(=O)(=O)c2ccccc2)c(C(Nc2ccc(C(=N)N)cc2)C(=O)NCc2ccccc2)c1. The van der Waals surface area contributed by atoms with Gasteiger partial charge in [-0.05, 0) is 60.2 Å². The number of amidine groups is 1. The van der Waals surface area contributed by atoms with Crippen LogP contribution in [0.3, 0.4) is 0 Å². The second-order valence-electron chi connectivity index (χ2n) is 9.16. The molecule has 0 saturated carbocycles. The van der Waals surface area contributed by atoms with Crippen molar-refractivity contribution >= 4 is 39.1 Å². The van der Waals surface area contributed by atoms with Crippen LogP contribution in [-0.2, 0) is 26.2 Å². The van der Waals surface area contributed by atoms with E-state index in [1.165, 1.54) is 19.2 Å². The smallest absolute Gasteiger partial charge is 0.300 e. The second kappa shape index (κ2) is 15.0. The van der Waals surface area contributed by atoms with Crippen LogP contribution in [0.25, 0.3) is 0 Å². The zero-order valence-corrected chi connectivity index (χ0v) is 24.4. The van der Waals surface area contributed by atoms with Gasteiger partial charge >= 0.3 is 0 Å². The highest BCUT2D eigenvalue weighted by molar-refractivity contribution is 7.92. The van der Waals surface area contributed by atoms with Gasteiger partial charge in [-0.25, -0.2) is 8.42 Å². The van der Waals surface area contributed by atoms with Crippen LogP contribution in [0.4, 0.5) is 11.4 Å². The summed E-state index contributed by atoms with van der Waals surface area (Å²) in [5, 5.41) is 21.2. The Morgan fingerprint density at radius 2 is 1.51 bits per heavy atom. The summed E-state index contributed by atoms with van der Waals surface area (Å²) in [4.78, 5) is 22.7. The Morgan fingerprint density at radius 1 is 0.930 bits per heavy atom. The molecule has 43 heavy (non-hydrogen) atoms. The largest absolute Gasteiger partial charge is 0.497 e. The maximum Gasteiger partial charge on any atom is 0.300 e. The summed E-state index contributed by atoms with van der Waals surface area (Å²) in [5.41, 5.74) is 8.16. The molecule has 0 saturated heterocycles. The molecule has 224 valence electrons. The molecule has 0 spiro atoms. The zero-order valence-electron chi connectivity index (χ0n) is 23.6. The molecule has 0 radical (unpaired) electrons. The lowest BCUT2D eigenvalue weighted by molar-refractivity contribution is -0.134. The number of hydrogen-bond acceptors (Lipinski definition) is 7. The van der Waals surface area contributed by atoms with Crippen LogP contribution in [0.2, 0.25) is 0 Å². The number of carboxylic acid groups (broad SMARTS) is 1. The highest BCUT2D eigenvalue weighted by Gasteiger charge is 2.26. The molecule has 0 aromatic heterocycles. The molecule has 12 heteroatoms. The molecule has 0 bridgehead atoms. The first-order chi connectivity index (χ1) is 20.5. The van der Waals surface area contributed by atoms with Gasteiger partial charge in [-0.1, -0.05) is 48.5 Å². The Kier molecular flexibility index (Phi) is 11.2. The monoisotopic (exact) mass is 603 g/mol. The summed E-state index contributed by atoms with van der Waals surface area (Å²) < 4.78 is 34.4. The van der Waals surface area contributed by atoms with Crippen molar-refractivity contribution in [3.8, 4) is 5.75 Å². The lowest BCUT2D eigenvalue weighted by Crippen LogP contribution is -2.34. The van der Waals surface area contributed by atoms with Gasteiger partial charge < -0.3 is 26.2 Å². The minimum Gasteiger partial charge on any atom is -0.497 e. The lowest BCUT2D eigenvalue weighted by Gasteiger charge is -2.24. The van der Waals surface area contributed by atoms with Gasteiger partial charge in [0.25, 0.3) is 16.0 Å². The van der Waals surface area contributed by atoms with Crippen LogP contribution >= 0.6 is 0 Å². The molecule has 1 atom stereocenters. The molecule has 4 rings (SSSR count). The van der Waals surface area contributed by atoms with Crippen LogP contribution < -0.4 is 25.8 Å². The number of amides is 1. The third-order valence-electron chi connectivity index (χ3n) is 5.95. The average Bonchev–Trinajstić information content (AvgIpc) is 3.00. The number of nitrogens with one attached hydrogen (secondary N) is 4. The average molecular weight is 604 g/mol. The fourth-order valence-corrected chi connectivity index (χ4v) is 5.00. The van der Waals surface area contributed by atoms with Crippen LogP contribution in [0.1, 0.15) is 29.7 Å². The van der Waals surface area contributed by atoms with Gasteiger partial charge in [0.05, 0.1) is 17.7 Å². The quantitative estimate of drug-likeness (QED) is 0.108. The predicted octanol–water partition coefficient (Wildman–Crippen LogP) is 4.34. The number of carboxylic acids is 1. The van der Waals surface area contributed by atoms with Crippen molar-refractivity contribution in [2.45, 2.75) is 24.4 Å². The van der Waals surface area contributed by atoms with Crippen molar-refractivity contribution in [3.63, 3.8) is 0 Å². The maximum atomic E-state index is 13.6. The van der Waals surface area contributed by atoms with E-state index in [2.05, 4.69) is 15.4 Å². The number of methoxy groups -OCH3 is 1. The first-order valence-corrected chi connectivity index (χ1v) is 14.5. The number of hydrogen-bond donors (Lipinski definition) is 6. The van der Waals surface area contributed by atoms with E-state index in [0.29, 0.717) is 22.6 Å². The molecule has 0 aliphatic rings. The van der Waals surface area contributed by atoms with Crippen molar-refractivity contribution in [1.29, 1.82) is 5.41 Å².